The Bertz CT molecular complexity index is 361. The molecule has 1 aliphatic rings. The standard InChI is InChI=1S/C19H38N2O2/c1-7-21(17(22)23-18(2,3)4)15-9-14-20-16-10-8-12-19(5,6)13-11-16/h16,20H,7-15H2,1-6H3. The van der Waals surface area contributed by atoms with Crippen molar-refractivity contribution >= 4 is 6.09 Å². The third-order valence-electron chi connectivity index (χ3n) is 4.65. The van der Waals surface area contributed by atoms with Gasteiger partial charge in [-0.1, -0.05) is 20.3 Å². The van der Waals surface area contributed by atoms with Crippen LogP contribution in [0.4, 0.5) is 4.79 Å². The van der Waals surface area contributed by atoms with Crippen LogP contribution in [0.15, 0.2) is 0 Å². The number of carbonyl (C=O) groups excluding carboxylic acids is 1. The van der Waals surface area contributed by atoms with E-state index < -0.39 is 5.60 Å². The molecule has 0 aromatic rings. The van der Waals surface area contributed by atoms with Crippen LogP contribution in [0.5, 0.6) is 0 Å². The van der Waals surface area contributed by atoms with Crippen LogP contribution in [0.25, 0.3) is 0 Å². The average molecular weight is 327 g/mol. The molecular weight excluding hydrogens is 288 g/mol. The lowest BCUT2D eigenvalue weighted by atomic mass is 9.85. The van der Waals surface area contributed by atoms with Gasteiger partial charge in [-0.3, -0.25) is 0 Å². The second kappa shape index (κ2) is 8.91. The highest BCUT2D eigenvalue weighted by Gasteiger charge is 2.24. The average Bonchev–Trinajstić information content (AvgIpc) is 2.58. The van der Waals surface area contributed by atoms with Crippen molar-refractivity contribution in [2.45, 2.75) is 91.7 Å². The van der Waals surface area contributed by atoms with Crippen molar-refractivity contribution in [3.05, 3.63) is 0 Å². The molecule has 1 rings (SSSR count). The number of hydrogen-bond acceptors (Lipinski definition) is 3. The first kappa shape index (κ1) is 20.3. The fourth-order valence-corrected chi connectivity index (χ4v) is 3.15. The van der Waals surface area contributed by atoms with Gasteiger partial charge in [0.1, 0.15) is 5.60 Å². The second-order valence-corrected chi connectivity index (χ2v) is 8.66. The maximum Gasteiger partial charge on any atom is 0.410 e. The van der Waals surface area contributed by atoms with E-state index in [1.165, 1.54) is 32.1 Å². The molecule has 1 atom stereocenters. The van der Waals surface area contributed by atoms with Gasteiger partial charge in [0, 0.05) is 19.1 Å². The van der Waals surface area contributed by atoms with Crippen LogP contribution in [0.2, 0.25) is 0 Å². The minimum absolute atomic E-state index is 0.198. The SMILES string of the molecule is CCN(CCCNC1CCCC(C)(C)CC1)C(=O)OC(C)(C)C. The molecule has 0 spiro atoms. The summed E-state index contributed by atoms with van der Waals surface area (Å²) in [4.78, 5) is 13.9. The van der Waals surface area contributed by atoms with Crippen molar-refractivity contribution in [3.8, 4) is 0 Å². The quantitative estimate of drug-likeness (QED) is 0.574. The second-order valence-electron chi connectivity index (χ2n) is 8.66. The van der Waals surface area contributed by atoms with Gasteiger partial charge in [0.25, 0.3) is 0 Å². The topological polar surface area (TPSA) is 41.6 Å². The van der Waals surface area contributed by atoms with Crippen LogP contribution >= 0.6 is 0 Å². The van der Waals surface area contributed by atoms with E-state index in [2.05, 4.69) is 19.2 Å². The Morgan fingerprint density at radius 2 is 1.96 bits per heavy atom. The first-order valence-corrected chi connectivity index (χ1v) is 9.34. The van der Waals surface area contributed by atoms with Gasteiger partial charge in [-0.25, -0.2) is 4.79 Å². The maximum absolute atomic E-state index is 12.1. The minimum Gasteiger partial charge on any atom is -0.444 e. The van der Waals surface area contributed by atoms with Crippen LogP contribution in [0, 0.1) is 5.41 Å². The fraction of sp³-hybridized carbons (Fsp3) is 0.947. The number of amides is 1. The predicted molar refractivity (Wildman–Crippen MR) is 96.8 cm³/mol. The molecule has 4 nitrogen and oxygen atoms in total. The summed E-state index contributed by atoms with van der Waals surface area (Å²) >= 11 is 0. The van der Waals surface area contributed by atoms with Crippen molar-refractivity contribution in [1.82, 2.24) is 10.2 Å². The Morgan fingerprint density at radius 1 is 1.26 bits per heavy atom. The van der Waals surface area contributed by atoms with Gasteiger partial charge in [-0.05, 0) is 71.8 Å². The van der Waals surface area contributed by atoms with Gasteiger partial charge in [-0.2, -0.15) is 0 Å². The Kier molecular flexibility index (Phi) is 7.85. The minimum atomic E-state index is -0.421. The molecular formula is C19H38N2O2. The Balaban J connectivity index is 2.26. The van der Waals surface area contributed by atoms with E-state index in [1.807, 2.05) is 27.7 Å². The van der Waals surface area contributed by atoms with E-state index in [0.29, 0.717) is 18.0 Å². The summed E-state index contributed by atoms with van der Waals surface area (Å²) in [6.45, 7) is 14.9. The summed E-state index contributed by atoms with van der Waals surface area (Å²) < 4.78 is 5.44. The summed E-state index contributed by atoms with van der Waals surface area (Å²) in [7, 11) is 0. The number of hydrogen-bond donors (Lipinski definition) is 1. The molecule has 1 N–H and O–H groups in total. The highest BCUT2D eigenvalue weighted by atomic mass is 16.6. The lowest BCUT2D eigenvalue weighted by Gasteiger charge is -2.27. The Hall–Kier alpha value is -0.770. The van der Waals surface area contributed by atoms with Gasteiger partial charge in [0.15, 0.2) is 0 Å². The molecule has 1 fully saturated rings. The first-order chi connectivity index (χ1) is 10.6. The lowest BCUT2D eigenvalue weighted by molar-refractivity contribution is 0.0258. The van der Waals surface area contributed by atoms with E-state index in [1.54, 1.807) is 4.90 Å². The molecule has 136 valence electrons. The number of ether oxygens (including phenoxy) is 1. The van der Waals surface area contributed by atoms with Crippen molar-refractivity contribution in [2.24, 2.45) is 5.41 Å². The van der Waals surface area contributed by atoms with E-state index >= 15 is 0 Å². The zero-order valence-electron chi connectivity index (χ0n) is 16.2. The van der Waals surface area contributed by atoms with E-state index in [4.69, 9.17) is 4.74 Å². The fourth-order valence-electron chi connectivity index (χ4n) is 3.15. The third kappa shape index (κ3) is 8.59. The smallest absolute Gasteiger partial charge is 0.410 e. The van der Waals surface area contributed by atoms with Crippen LogP contribution in [-0.4, -0.2) is 42.3 Å². The first-order valence-electron chi connectivity index (χ1n) is 9.34. The monoisotopic (exact) mass is 326 g/mol. The molecule has 1 unspecified atom stereocenters. The van der Waals surface area contributed by atoms with Crippen LogP contribution in [-0.2, 0) is 4.74 Å². The van der Waals surface area contributed by atoms with Crippen molar-refractivity contribution in [3.63, 3.8) is 0 Å². The Morgan fingerprint density at radius 3 is 2.57 bits per heavy atom. The van der Waals surface area contributed by atoms with Gasteiger partial charge in [0.05, 0.1) is 0 Å². The maximum atomic E-state index is 12.1. The highest BCUT2D eigenvalue weighted by molar-refractivity contribution is 5.68. The summed E-state index contributed by atoms with van der Waals surface area (Å²) in [5, 5.41) is 3.69. The molecule has 0 heterocycles. The molecule has 4 heteroatoms. The number of nitrogens with one attached hydrogen (secondary N) is 1. The normalized spacial score (nSPS) is 21.6. The van der Waals surface area contributed by atoms with Gasteiger partial charge in [-0.15, -0.1) is 0 Å². The van der Waals surface area contributed by atoms with Crippen molar-refractivity contribution < 1.29 is 9.53 Å². The summed E-state index contributed by atoms with van der Waals surface area (Å²) in [5.74, 6) is 0. The zero-order chi connectivity index (χ0) is 17.5. The predicted octanol–water partition coefficient (Wildman–Crippen LogP) is 4.58. The summed E-state index contributed by atoms with van der Waals surface area (Å²) in [6.07, 6.45) is 7.31. The van der Waals surface area contributed by atoms with Gasteiger partial charge >= 0.3 is 6.09 Å². The molecule has 0 aromatic carbocycles. The van der Waals surface area contributed by atoms with Crippen molar-refractivity contribution in [2.75, 3.05) is 19.6 Å². The van der Waals surface area contributed by atoms with E-state index in [9.17, 15) is 4.79 Å². The highest BCUT2D eigenvalue weighted by Crippen LogP contribution is 2.33. The molecule has 23 heavy (non-hydrogen) atoms. The number of nitrogens with zero attached hydrogens (tertiary/aromatic N) is 1. The molecule has 1 saturated carbocycles. The van der Waals surface area contributed by atoms with Crippen LogP contribution in [0.3, 0.4) is 0 Å². The van der Waals surface area contributed by atoms with Crippen molar-refractivity contribution in [1.29, 1.82) is 0 Å². The molecule has 0 aromatic heterocycles. The molecule has 0 bridgehead atoms. The molecule has 1 aliphatic carbocycles. The van der Waals surface area contributed by atoms with Gasteiger partial charge in [0.2, 0.25) is 0 Å². The molecule has 0 radical (unpaired) electrons. The number of carbonyl (C=O) groups is 1. The Labute approximate surface area is 143 Å². The summed E-state index contributed by atoms with van der Waals surface area (Å²) in [6, 6.07) is 0.647. The lowest BCUT2D eigenvalue weighted by Crippen LogP contribution is -2.38. The zero-order valence-corrected chi connectivity index (χ0v) is 16.2. The number of rotatable bonds is 6. The van der Waals surface area contributed by atoms with E-state index in [-0.39, 0.29) is 6.09 Å². The summed E-state index contributed by atoms with van der Waals surface area (Å²) in [5.41, 5.74) is 0.0854. The van der Waals surface area contributed by atoms with Crippen LogP contribution < -0.4 is 5.32 Å². The molecule has 1 amide bonds. The molecule has 0 saturated heterocycles. The van der Waals surface area contributed by atoms with Gasteiger partial charge < -0.3 is 15.0 Å². The molecule has 0 aliphatic heterocycles. The van der Waals surface area contributed by atoms with Crippen LogP contribution in [0.1, 0.15) is 80.1 Å². The largest absolute Gasteiger partial charge is 0.444 e. The van der Waals surface area contributed by atoms with E-state index in [0.717, 1.165) is 19.5 Å². The third-order valence-corrected chi connectivity index (χ3v) is 4.65.